The van der Waals surface area contributed by atoms with E-state index in [0.29, 0.717) is 10.9 Å². The summed E-state index contributed by atoms with van der Waals surface area (Å²) < 4.78 is 15.5. The van der Waals surface area contributed by atoms with Gasteiger partial charge in [0.1, 0.15) is 11.6 Å². The molecule has 2 aliphatic rings. The van der Waals surface area contributed by atoms with E-state index in [4.69, 9.17) is 4.98 Å². The molecule has 0 saturated carbocycles. The van der Waals surface area contributed by atoms with Crippen molar-refractivity contribution in [2.75, 3.05) is 13.6 Å². The number of nitrogens with zero attached hydrogens (tertiary/aromatic N) is 3. The zero-order valence-corrected chi connectivity index (χ0v) is 16.1. The molecule has 0 N–H and O–H groups in total. The molecule has 1 saturated heterocycles. The second-order valence-electron chi connectivity index (χ2n) is 8.23. The van der Waals surface area contributed by atoms with Crippen LogP contribution in [-0.4, -0.2) is 33.6 Å². The number of fused-ring (bicyclic) bond motifs is 2. The maximum absolute atomic E-state index is 13.6. The van der Waals surface area contributed by atoms with Crippen LogP contribution in [0.5, 0.6) is 0 Å². The normalized spacial score (nSPS) is 22.5. The smallest absolute Gasteiger partial charge is 0.261 e. The standard InChI is InChI=1S/C23H24FN3O/c1-26-12-3-9-23(26)10-8-21-25-20-15-17(16-4-2-5-18(24)14-16)6-7-19(20)22(28)27(21)13-11-23/h2,4-7,14-15H,3,8-13H2,1H3. The number of aryl methyl sites for hydroxylation is 1. The van der Waals surface area contributed by atoms with Crippen molar-refractivity contribution >= 4 is 10.9 Å². The summed E-state index contributed by atoms with van der Waals surface area (Å²) in [4.78, 5) is 20.5. The van der Waals surface area contributed by atoms with Gasteiger partial charge in [-0.15, -0.1) is 0 Å². The fourth-order valence-electron chi connectivity index (χ4n) is 5.03. The third-order valence-corrected chi connectivity index (χ3v) is 6.75. The maximum Gasteiger partial charge on any atom is 0.261 e. The Bertz CT molecular complexity index is 1120. The van der Waals surface area contributed by atoms with Gasteiger partial charge in [-0.25, -0.2) is 9.37 Å². The number of rotatable bonds is 1. The molecule has 1 aromatic heterocycles. The van der Waals surface area contributed by atoms with E-state index in [1.165, 1.54) is 25.0 Å². The zero-order valence-electron chi connectivity index (χ0n) is 16.1. The molecule has 28 heavy (non-hydrogen) atoms. The summed E-state index contributed by atoms with van der Waals surface area (Å²) in [6, 6.07) is 12.2. The van der Waals surface area contributed by atoms with E-state index in [1.807, 2.05) is 28.8 Å². The summed E-state index contributed by atoms with van der Waals surface area (Å²) in [6.07, 6.45) is 5.30. The highest BCUT2D eigenvalue weighted by Crippen LogP contribution is 2.37. The molecular weight excluding hydrogens is 353 g/mol. The van der Waals surface area contributed by atoms with Gasteiger partial charge in [0.25, 0.3) is 5.56 Å². The molecule has 1 spiro atoms. The van der Waals surface area contributed by atoms with Crippen molar-refractivity contribution in [2.24, 2.45) is 0 Å². The van der Waals surface area contributed by atoms with Crippen LogP contribution in [0.1, 0.15) is 31.5 Å². The zero-order chi connectivity index (χ0) is 19.3. The molecule has 4 nitrogen and oxygen atoms in total. The van der Waals surface area contributed by atoms with E-state index in [9.17, 15) is 9.18 Å². The quantitative estimate of drug-likeness (QED) is 0.643. The van der Waals surface area contributed by atoms with Gasteiger partial charge in [-0.3, -0.25) is 9.36 Å². The molecule has 144 valence electrons. The van der Waals surface area contributed by atoms with Crippen molar-refractivity contribution < 1.29 is 4.39 Å². The van der Waals surface area contributed by atoms with Gasteiger partial charge in [-0.1, -0.05) is 18.2 Å². The average molecular weight is 377 g/mol. The van der Waals surface area contributed by atoms with Crippen LogP contribution >= 0.6 is 0 Å². The Morgan fingerprint density at radius 3 is 2.68 bits per heavy atom. The van der Waals surface area contributed by atoms with Gasteiger partial charge in [0, 0.05) is 18.5 Å². The molecule has 1 fully saturated rings. The van der Waals surface area contributed by atoms with Crippen molar-refractivity contribution in [2.45, 2.75) is 44.2 Å². The van der Waals surface area contributed by atoms with E-state index >= 15 is 0 Å². The molecular formula is C23H24FN3O. The van der Waals surface area contributed by atoms with Crippen molar-refractivity contribution in [1.82, 2.24) is 14.5 Å². The molecule has 0 bridgehead atoms. The summed E-state index contributed by atoms with van der Waals surface area (Å²) in [6.45, 7) is 1.87. The van der Waals surface area contributed by atoms with Gasteiger partial charge in [-0.05, 0) is 74.7 Å². The van der Waals surface area contributed by atoms with Crippen molar-refractivity contribution in [1.29, 1.82) is 0 Å². The first kappa shape index (κ1) is 17.6. The van der Waals surface area contributed by atoms with Crippen molar-refractivity contribution in [3.05, 3.63) is 64.5 Å². The monoisotopic (exact) mass is 377 g/mol. The Hall–Kier alpha value is -2.53. The molecule has 0 amide bonds. The highest BCUT2D eigenvalue weighted by molar-refractivity contribution is 5.83. The van der Waals surface area contributed by atoms with Crippen LogP contribution in [-0.2, 0) is 13.0 Å². The van der Waals surface area contributed by atoms with Gasteiger partial charge in [0.15, 0.2) is 0 Å². The Kier molecular flexibility index (Phi) is 4.09. The second kappa shape index (κ2) is 6.52. The largest absolute Gasteiger partial charge is 0.301 e. The number of benzene rings is 2. The molecule has 1 atom stereocenters. The predicted molar refractivity (Wildman–Crippen MR) is 109 cm³/mol. The first-order chi connectivity index (χ1) is 13.6. The summed E-state index contributed by atoms with van der Waals surface area (Å²) in [5.41, 5.74) is 2.63. The fraction of sp³-hybridized carbons (Fsp3) is 0.391. The molecule has 5 heteroatoms. The second-order valence-corrected chi connectivity index (χ2v) is 8.23. The highest BCUT2D eigenvalue weighted by atomic mass is 19.1. The lowest BCUT2D eigenvalue weighted by molar-refractivity contribution is 0.148. The van der Waals surface area contributed by atoms with Gasteiger partial charge in [0.05, 0.1) is 10.9 Å². The summed E-state index contributed by atoms with van der Waals surface area (Å²) in [5.74, 6) is 0.615. The van der Waals surface area contributed by atoms with Gasteiger partial charge in [-0.2, -0.15) is 0 Å². The van der Waals surface area contributed by atoms with Crippen LogP contribution < -0.4 is 5.56 Å². The topological polar surface area (TPSA) is 38.1 Å². The number of likely N-dealkylation sites (tertiary alicyclic amines) is 1. The van der Waals surface area contributed by atoms with Crippen molar-refractivity contribution in [3.8, 4) is 11.1 Å². The van der Waals surface area contributed by atoms with E-state index in [-0.39, 0.29) is 16.9 Å². The molecule has 3 aromatic rings. The molecule has 2 aromatic carbocycles. The van der Waals surface area contributed by atoms with Crippen LogP contribution in [0.4, 0.5) is 4.39 Å². The lowest BCUT2D eigenvalue weighted by atomic mass is 9.88. The van der Waals surface area contributed by atoms with Crippen LogP contribution in [0.15, 0.2) is 47.3 Å². The number of hydrogen-bond donors (Lipinski definition) is 0. The minimum absolute atomic E-state index is 0.0449. The lowest BCUT2D eigenvalue weighted by Crippen LogP contribution is -2.41. The highest BCUT2D eigenvalue weighted by Gasteiger charge is 2.39. The van der Waals surface area contributed by atoms with Crippen LogP contribution in [0, 0.1) is 5.82 Å². The van der Waals surface area contributed by atoms with Gasteiger partial charge < -0.3 is 4.90 Å². The third kappa shape index (κ3) is 2.76. The number of halogens is 1. The van der Waals surface area contributed by atoms with Gasteiger partial charge >= 0.3 is 0 Å². The van der Waals surface area contributed by atoms with Crippen LogP contribution in [0.25, 0.3) is 22.0 Å². The predicted octanol–water partition coefficient (Wildman–Crippen LogP) is 4.00. The van der Waals surface area contributed by atoms with E-state index in [1.54, 1.807) is 6.07 Å². The molecule has 3 heterocycles. The first-order valence-corrected chi connectivity index (χ1v) is 10.1. The Balaban J connectivity index is 1.58. The Morgan fingerprint density at radius 1 is 1.04 bits per heavy atom. The van der Waals surface area contributed by atoms with Crippen molar-refractivity contribution in [3.63, 3.8) is 0 Å². The summed E-state index contributed by atoms with van der Waals surface area (Å²) in [5, 5.41) is 0.639. The summed E-state index contributed by atoms with van der Waals surface area (Å²) in [7, 11) is 2.21. The fourth-order valence-corrected chi connectivity index (χ4v) is 5.03. The SMILES string of the molecule is CN1CCCC12CCc1nc3cc(-c4cccc(F)c4)ccc3c(=O)n1CC2. The molecule has 0 aliphatic carbocycles. The Morgan fingerprint density at radius 2 is 1.89 bits per heavy atom. The minimum atomic E-state index is -0.265. The number of aromatic nitrogens is 2. The molecule has 0 radical (unpaired) electrons. The van der Waals surface area contributed by atoms with E-state index in [2.05, 4.69) is 11.9 Å². The van der Waals surface area contributed by atoms with Gasteiger partial charge in [0.2, 0.25) is 0 Å². The first-order valence-electron chi connectivity index (χ1n) is 10.1. The average Bonchev–Trinajstić information content (AvgIpc) is 2.94. The maximum atomic E-state index is 13.6. The van der Waals surface area contributed by atoms with E-state index in [0.717, 1.165) is 49.3 Å². The molecule has 1 unspecified atom stereocenters. The molecule has 2 aliphatic heterocycles. The third-order valence-electron chi connectivity index (χ3n) is 6.75. The Labute approximate surface area is 163 Å². The van der Waals surface area contributed by atoms with Crippen LogP contribution in [0.3, 0.4) is 0 Å². The number of hydrogen-bond acceptors (Lipinski definition) is 3. The minimum Gasteiger partial charge on any atom is -0.301 e. The molecule has 5 rings (SSSR count). The summed E-state index contributed by atoms with van der Waals surface area (Å²) >= 11 is 0. The lowest BCUT2D eigenvalue weighted by Gasteiger charge is -2.35. The van der Waals surface area contributed by atoms with E-state index < -0.39 is 0 Å². The van der Waals surface area contributed by atoms with Crippen LogP contribution in [0.2, 0.25) is 0 Å².